The summed E-state index contributed by atoms with van der Waals surface area (Å²) < 4.78 is 1.98. The van der Waals surface area contributed by atoms with Gasteiger partial charge >= 0.3 is 0 Å². The van der Waals surface area contributed by atoms with E-state index in [9.17, 15) is 0 Å². The normalized spacial score (nSPS) is 12.9. The predicted octanol–water partition coefficient (Wildman–Crippen LogP) is 2.93. The van der Waals surface area contributed by atoms with Crippen LogP contribution >= 0.6 is 0 Å². The quantitative estimate of drug-likeness (QED) is 0.892. The monoisotopic (exact) mass is 257 g/mol. The third-order valence-electron chi connectivity index (χ3n) is 3.24. The smallest absolute Gasteiger partial charge is 0.0947 e. The van der Waals surface area contributed by atoms with Crippen LogP contribution in [0.4, 0.5) is 0 Å². The summed E-state index contributed by atoms with van der Waals surface area (Å²) in [5.74, 6) is 0.679. The maximum absolute atomic E-state index is 4.45. The standard InChI is InChI=1S/C16H23N3/c1-12(2)8-13-6-5-7-14(9-13)16(17-3)15-10-19(4)11-18-15/h5-7,9-12,16-17H,8H2,1-4H3. The second-order valence-electron chi connectivity index (χ2n) is 5.53. The minimum Gasteiger partial charge on any atom is -0.340 e. The number of imidazole rings is 1. The fraction of sp³-hybridized carbons (Fsp3) is 0.438. The van der Waals surface area contributed by atoms with E-state index < -0.39 is 0 Å². The van der Waals surface area contributed by atoms with Crippen LogP contribution in [-0.4, -0.2) is 16.6 Å². The summed E-state index contributed by atoms with van der Waals surface area (Å²) in [7, 11) is 3.98. The lowest BCUT2D eigenvalue weighted by Crippen LogP contribution is -2.18. The Bertz CT molecular complexity index is 528. The molecule has 0 fully saturated rings. The molecular weight excluding hydrogens is 234 g/mol. The Kier molecular flexibility index (Phi) is 4.38. The van der Waals surface area contributed by atoms with Crippen molar-refractivity contribution in [2.45, 2.75) is 26.3 Å². The van der Waals surface area contributed by atoms with Gasteiger partial charge in [0, 0.05) is 13.2 Å². The van der Waals surface area contributed by atoms with E-state index in [0.717, 1.165) is 12.1 Å². The van der Waals surface area contributed by atoms with Crippen LogP contribution in [0.5, 0.6) is 0 Å². The third kappa shape index (κ3) is 3.44. The van der Waals surface area contributed by atoms with Gasteiger partial charge in [0.2, 0.25) is 0 Å². The fourth-order valence-electron chi connectivity index (χ4n) is 2.44. The lowest BCUT2D eigenvalue weighted by molar-refractivity contribution is 0.641. The molecule has 1 heterocycles. The van der Waals surface area contributed by atoms with Crippen molar-refractivity contribution in [1.29, 1.82) is 0 Å². The Hall–Kier alpha value is -1.61. The zero-order valence-corrected chi connectivity index (χ0v) is 12.2. The van der Waals surface area contributed by atoms with E-state index in [1.807, 2.05) is 25.0 Å². The van der Waals surface area contributed by atoms with Crippen LogP contribution in [-0.2, 0) is 13.5 Å². The number of aryl methyl sites for hydroxylation is 1. The Morgan fingerprint density at radius 1 is 1.32 bits per heavy atom. The van der Waals surface area contributed by atoms with Gasteiger partial charge in [-0.2, -0.15) is 0 Å². The van der Waals surface area contributed by atoms with Crippen molar-refractivity contribution in [2.24, 2.45) is 13.0 Å². The van der Waals surface area contributed by atoms with E-state index in [0.29, 0.717) is 5.92 Å². The van der Waals surface area contributed by atoms with Crippen molar-refractivity contribution >= 4 is 0 Å². The average molecular weight is 257 g/mol. The molecule has 0 saturated carbocycles. The van der Waals surface area contributed by atoms with Crippen LogP contribution in [0.25, 0.3) is 0 Å². The molecule has 0 spiro atoms. The Balaban J connectivity index is 2.28. The van der Waals surface area contributed by atoms with Gasteiger partial charge in [-0.1, -0.05) is 38.1 Å². The van der Waals surface area contributed by atoms with Crippen LogP contribution in [0.15, 0.2) is 36.8 Å². The second-order valence-corrected chi connectivity index (χ2v) is 5.53. The minimum atomic E-state index is 0.160. The lowest BCUT2D eigenvalue weighted by Gasteiger charge is -2.16. The summed E-state index contributed by atoms with van der Waals surface area (Å²) >= 11 is 0. The average Bonchev–Trinajstić information content (AvgIpc) is 2.76. The van der Waals surface area contributed by atoms with E-state index in [1.165, 1.54) is 11.1 Å². The highest BCUT2D eigenvalue weighted by Gasteiger charge is 2.14. The van der Waals surface area contributed by atoms with Crippen molar-refractivity contribution in [2.75, 3.05) is 7.05 Å². The first-order valence-electron chi connectivity index (χ1n) is 6.84. The highest BCUT2D eigenvalue weighted by Crippen LogP contribution is 2.22. The van der Waals surface area contributed by atoms with Gasteiger partial charge in [0.1, 0.15) is 0 Å². The third-order valence-corrected chi connectivity index (χ3v) is 3.24. The number of nitrogens with zero attached hydrogens (tertiary/aromatic N) is 2. The molecule has 0 amide bonds. The molecule has 1 unspecified atom stereocenters. The molecule has 1 aromatic heterocycles. The Morgan fingerprint density at radius 3 is 2.68 bits per heavy atom. The Morgan fingerprint density at radius 2 is 2.11 bits per heavy atom. The summed E-state index contributed by atoms with van der Waals surface area (Å²) in [6.45, 7) is 4.50. The van der Waals surface area contributed by atoms with Crippen LogP contribution in [0.2, 0.25) is 0 Å². The first-order valence-corrected chi connectivity index (χ1v) is 6.84. The van der Waals surface area contributed by atoms with Crippen LogP contribution < -0.4 is 5.32 Å². The highest BCUT2D eigenvalue weighted by molar-refractivity contribution is 5.31. The zero-order valence-electron chi connectivity index (χ0n) is 12.2. The maximum atomic E-state index is 4.45. The number of hydrogen-bond acceptors (Lipinski definition) is 2. The molecule has 2 aromatic rings. The number of hydrogen-bond donors (Lipinski definition) is 1. The van der Waals surface area contributed by atoms with Crippen molar-refractivity contribution < 1.29 is 0 Å². The molecule has 102 valence electrons. The van der Waals surface area contributed by atoms with Crippen LogP contribution in [0, 0.1) is 5.92 Å². The van der Waals surface area contributed by atoms with Crippen molar-refractivity contribution in [3.8, 4) is 0 Å². The molecule has 0 aliphatic heterocycles. The summed E-state index contributed by atoms with van der Waals surface area (Å²) in [6, 6.07) is 8.96. The van der Waals surface area contributed by atoms with Crippen LogP contribution in [0.3, 0.4) is 0 Å². The molecular formula is C16H23N3. The fourth-order valence-corrected chi connectivity index (χ4v) is 2.44. The van der Waals surface area contributed by atoms with E-state index in [-0.39, 0.29) is 6.04 Å². The number of benzene rings is 1. The summed E-state index contributed by atoms with van der Waals surface area (Å²) in [4.78, 5) is 4.45. The van der Waals surface area contributed by atoms with Gasteiger partial charge in [-0.05, 0) is 30.5 Å². The van der Waals surface area contributed by atoms with Gasteiger partial charge in [0.05, 0.1) is 18.1 Å². The van der Waals surface area contributed by atoms with E-state index >= 15 is 0 Å². The molecule has 3 nitrogen and oxygen atoms in total. The Labute approximate surface area is 115 Å². The number of aromatic nitrogens is 2. The van der Waals surface area contributed by atoms with Gasteiger partial charge in [-0.25, -0.2) is 4.98 Å². The summed E-state index contributed by atoms with van der Waals surface area (Å²) in [5, 5.41) is 3.35. The topological polar surface area (TPSA) is 29.9 Å². The lowest BCUT2D eigenvalue weighted by atomic mass is 9.97. The molecule has 0 radical (unpaired) electrons. The van der Waals surface area contributed by atoms with E-state index in [1.54, 1.807) is 0 Å². The SMILES string of the molecule is CNC(c1cccc(CC(C)C)c1)c1cn(C)cn1. The van der Waals surface area contributed by atoms with E-state index in [4.69, 9.17) is 0 Å². The predicted molar refractivity (Wildman–Crippen MR) is 79.1 cm³/mol. The van der Waals surface area contributed by atoms with Gasteiger partial charge < -0.3 is 9.88 Å². The zero-order chi connectivity index (χ0) is 13.8. The molecule has 0 aliphatic carbocycles. The highest BCUT2D eigenvalue weighted by atomic mass is 15.0. The summed E-state index contributed by atoms with van der Waals surface area (Å²) in [6.07, 6.45) is 5.03. The van der Waals surface area contributed by atoms with Gasteiger partial charge in [-0.3, -0.25) is 0 Å². The van der Waals surface area contributed by atoms with Gasteiger partial charge in [-0.15, -0.1) is 0 Å². The molecule has 0 bridgehead atoms. The second kappa shape index (κ2) is 6.02. The molecule has 0 saturated heterocycles. The number of rotatable bonds is 5. The molecule has 2 rings (SSSR count). The molecule has 1 N–H and O–H groups in total. The van der Waals surface area contributed by atoms with Crippen molar-refractivity contribution in [3.63, 3.8) is 0 Å². The van der Waals surface area contributed by atoms with Crippen molar-refractivity contribution in [1.82, 2.24) is 14.9 Å². The summed E-state index contributed by atoms with van der Waals surface area (Å²) in [5.41, 5.74) is 3.73. The molecule has 3 heteroatoms. The largest absolute Gasteiger partial charge is 0.340 e. The van der Waals surface area contributed by atoms with Gasteiger partial charge in [0.25, 0.3) is 0 Å². The molecule has 0 aliphatic rings. The minimum absolute atomic E-state index is 0.160. The van der Waals surface area contributed by atoms with Crippen LogP contribution in [0.1, 0.15) is 36.7 Å². The van der Waals surface area contributed by atoms with Crippen molar-refractivity contribution in [3.05, 3.63) is 53.6 Å². The molecule has 19 heavy (non-hydrogen) atoms. The van der Waals surface area contributed by atoms with E-state index in [2.05, 4.69) is 54.6 Å². The molecule has 1 aromatic carbocycles. The van der Waals surface area contributed by atoms with Gasteiger partial charge in [0.15, 0.2) is 0 Å². The first-order chi connectivity index (χ1) is 9.10. The molecule has 1 atom stereocenters. The maximum Gasteiger partial charge on any atom is 0.0947 e. The number of nitrogens with one attached hydrogen (secondary N) is 1. The first kappa shape index (κ1) is 13.8.